The topological polar surface area (TPSA) is 98.6 Å². The molecule has 0 aliphatic rings. The molecule has 0 aliphatic heterocycles. The number of rotatable bonds is 7. The van der Waals surface area contributed by atoms with Crippen molar-refractivity contribution in [1.82, 2.24) is 9.97 Å². The summed E-state index contributed by atoms with van der Waals surface area (Å²) < 4.78 is 0. The number of carbonyl (C=O) groups excluding carboxylic acids is 1. The molecule has 2 rings (SSSR count). The molecule has 0 radical (unpaired) electrons. The molecule has 2 aromatic rings. The van der Waals surface area contributed by atoms with Gasteiger partial charge in [-0.25, -0.2) is 4.98 Å². The molecule has 1 aromatic heterocycles. The number of nitrogens with zero attached hydrogens (tertiary/aromatic N) is 2. The van der Waals surface area contributed by atoms with Crippen LogP contribution >= 0.6 is 11.8 Å². The number of nitriles is 1. The van der Waals surface area contributed by atoms with Gasteiger partial charge in [-0.2, -0.15) is 5.26 Å². The first kappa shape index (κ1) is 18.7. The zero-order valence-corrected chi connectivity index (χ0v) is 15.0. The highest BCUT2D eigenvalue weighted by molar-refractivity contribution is 8.00. The number of hydrogen-bond donors (Lipinski definition) is 2. The largest absolute Gasteiger partial charge is 0.324 e. The Bertz CT molecular complexity index is 841. The number of anilines is 1. The molecule has 1 amide bonds. The molecule has 1 aromatic carbocycles. The van der Waals surface area contributed by atoms with Crippen molar-refractivity contribution in [2.24, 2.45) is 0 Å². The van der Waals surface area contributed by atoms with Crippen molar-refractivity contribution in [2.45, 2.75) is 43.5 Å². The molecule has 6 nitrogen and oxygen atoms in total. The minimum Gasteiger partial charge on any atom is -0.324 e. The number of aromatic nitrogens is 2. The summed E-state index contributed by atoms with van der Waals surface area (Å²) in [6.45, 7) is 3.91. The van der Waals surface area contributed by atoms with E-state index in [1.165, 1.54) is 17.8 Å². The molecule has 130 valence electrons. The smallest absolute Gasteiger partial charge is 0.251 e. The lowest BCUT2D eigenvalue weighted by Crippen LogP contribution is -2.25. The first-order valence-corrected chi connectivity index (χ1v) is 9.02. The number of aromatic amines is 1. The summed E-state index contributed by atoms with van der Waals surface area (Å²) in [6, 6.07) is 10.4. The Morgan fingerprint density at radius 2 is 2.16 bits per heavy atom. The van der Waals surface area contributed by atoms with E-state index in [-0.39, 0.29) is 11.5 Å². The monoisotopic (exact) mass is 356 g/mol. The van der Waals surface area contributed by atoms with E-state index in [0.29, 0.717) is 22.8 Å². The number of hydrogen-bond acceptors (Lipinski definition) is 5. The van der Waals surface area contributed by atoms with Gasteiger partial charge in [-0.3, -0.25) is 9.59 Å². The quantitative estimate of drug-likeness (QED) is 0.587. The van der Waals surface area contributed by atoms with E-state index in [1.54, 1.807) is 24.3 Å². The number of benzene rings is 1. The Labute approximate surface area is 150 Å². The van der Waals surface area contributed by atoms with Crippen molar-refractivity contribution < 1.29 is 4.79 Å². The minimum atomic E-state index is -0.424. The second kappa shape index (κ2) is 9.04. The Morgan fingerprint density at radius 1 is 1.40 bits per heavy atom. The predicted molar refractivity (Wildman–Crippen MR) is 98.6 cm³/mol. The maximum absolute atomic E-state index is 12.6. The van der Waals surface area contributed by atoms with Gasteiger partial charge >= 0.3 is 0 Å². The maximum atomic E-state index is 12.6. The number of H-pyrrole nitrogens is 1. The van der Waals surface area contributed by atoms with E-state index in [0.717, 1.165) is 18.5 Å². The van der Waals surface area contributed by atoms with Gasteiger partial charge in [0.25, 0.3) is 5.56 Å². The normalized spacial score (nSPS) is 11.6. The van der Waals surface area contributed by atoms with Gasteiger partial charge in [-0.15, -0.1) is 0 Å². The summed E-state index contributed by atoms with van der Waals surface area (Å²) in [5.74, 6) is -0.223. The van der Waals surface area contributed by atoms with Crippen LogP contribution in [0.2, 0.25) is 0 Å². The molecule has 0 saturated carbocycles. The highest BCUT2D eigenvalue weighted by atomic mass is 32.2. The van der Waals surface area contributed by atoms with Gasteiger partial charge in [0.05, 0.1) is 16.5 Å². The highest BCUT2D eigenvalue weighted by Crippen LogP contribution is 2.24. The molecule has 2 N–H and O–H groups in total. The van der Waals surface area contributed by atoms with Crippen LogP contribution in [0.15, 0.2) is 40.3 Å². The third-order valence-electron chi connectivity index (χ3n) is 3.50. The standard InChI is InChI=1S/C18H20N4O2S/c1-3-7-13-10-16(23)22-18(20-13)25-15(4-2)17(24)21-14-9-6-5-8-12(14)11-19/h5-6,8-10,15H,3-4,7H2,1-2H3,(H,21,24)(H,20,22,23)/t15-/m1/s1. The summed E-state index contributed by atoms with van der Waals surface area (Å²) in [5.41, 5.74) is 1.40. The fraction of sp³-hybridized carbons (Fsp3) is 0.333. The molecular formula is C18H20N4O2S. The highest BCUT2D eigenvalue weighted by Gasteiger charge is 2.20. The van der Waals surface area contributed by atoms with E-state index in [4.69, 9.17) is 5.26 Å². The second-order valence-corrected chi connectivity index (χ2v) is 6.64. The van der Waals surface area contributed by atoms with Crippen molar-refractivity contribution in [3.63, 3.8) is 0 Å². The SMILES string of the molecule is CCCc1cc(=O)[nH]c(S[C@H](CC)C(=O)Nc2ccccc2C#N)n1. The average molecular weight is 356 g/mol. The maximum Gasteiger partial charge on any atom is 0.251 e. The number of para-hydroxylation sites is 1. The van der Waals surface area contributed by atoms with Crippen LogP contribution in [0.25, 0.3) is 0 Å². The van der Waals surface area contributed by atoms with Gasteiger partial charge in [0.1, 0.15) is 6.07 Å². The molecule has 7 heteroatoms. The van der Waals surface area contributed by atoms with E-state index >= 15 is 0 Å². The predicted octanol–water partition coefficient (Wildman–Crippen LogP) is 3.10. The second-order valence-electron chi connectivity index (χ2n) is 5.45. The fourth-order valence-electron chi connectivity index (χ4n) is 2.28. The first-order valence-electron chi connectivity index (χ1n) is 8.14. The summed E-state index contributed by atoms with van der Waals surface area (Å²) in [7, 11) is 0. The van der Waals surface area contributed by atoms with E-state index in [1.807, 2.05) is 13.8 Å². The average Bonchev–Trinajstić information content (AvgIpc) is 2.60. The lowest BCUT2D eigenvalue weighted by atomic mass is 10.2. The van der Waals surface area contributed by atoms with E-state index in [9.17, 15) is 9.59 Å². The first-order chi connectivity index (χ1) is 12.1. The lowest BCUT2D eigenvalue weighted by Gasteiger charge is -2.15. The van der Waals surface area contributed by atoms with Crippen LogP contribution in [0.4, 0.5) is 5.69 Å². The van der Waals surface area contributed by atoms with Gasteiger partial charge in [0, 0.05) is 11.8 Å². The number of nitrogens with one attached hydrogen (secondary N) is 2. The third kappa shape index (κ3) is 5.19. The molecule has 0 saturated heterocycles. The Morgan fingerprint density at radius 3 is 2.84 bits per heavy atom. The van der Waals surface area contributed by atoms with Crippen LogP contribution in [0.1, 0.15) is 37.9 Å². The van der Waals surface area contributed by atoms with Crippen molar-refractivity contribution in [1.29, 1.82) is 5.26 Å². The van der Waals surface area contributed by atoms with E-state index < -0.39 is 5.25 Å². The van der Waals surface area contributed by atoms with Crippen molar-refractivity contribution in [2.75, 3.05) is 5.32 Å². The number of amides is 1. The summed E-state index contributed by atoms with van der Waals surface area (Å²) >= 11 is 1.22. The van der Waals surface area contributed by atoms with Crippen molar-refractivity contribution in [3.8, 4) is 6.07 Å². The molecule has 25 heavy (non-hydrogen) atoms. The van der Waals surface area contributed by atoms with Crippen LogP contribution in [-0.2, 0) is 11.2 Å². The number of carbonyl (C=O) groups is 1. The lowest BCUT2D eigenvalue weighted by molar-refractivity contribution is -0.115. The Hall–Kier alpha value is -2.59. The van der Waals surface area contributed by atoms with Crippen molar-refractivity contribution >= 4 is 23.4 Å². The molecule has 1 atom stereocenters. The van der Waals surface area contributed by atoms with Gasteiger partial charge in [0.15, 0.2) is 5.16 Å². The molecule has 1 heterocycles. The summed E-state index contributed by atoms with van der Waals surface area (Å²) in [5, 5.41) is 11.9. The van der Waals surface area contributed by atoms with Crippen LogP contribution in [-0.4, -0.2) is 21.1 Å². The van der Waals surface area contributed by atoms with Crippen LogP contribution in [0, 0.1) is 11.3 Å². The van der Waals surface area contributed by atoms with Gasteiger partial charge < -0.3 is 10.3 Å². The Kier molecular flexibility index (Phi) is 6.78. The third-order valence-corrected chi connectivity index (χ3v) is 4.75. The minimum absolute atomic E-state index is 0.217. The molecule has 0 aliphatic carbocycles. The van der Waals surface area contributed by atoms with Crippen molar-refractivity contribution in [3.05, 3.63) is 51.9 Å². The summed E-state index contributed by atoms with van der Waals surface area (Å²) in [4.78, 5) is 31.4. The van der Waals surface area contributed by atoms with E-state index in [2.05, 4.69) is 21.4 Å². The van der Waals surface area contributed by atoms with Crippen LogP contribution < -0.4 is 10.9 Å². The number of thioether (sulfide) groups is 1. The molecule has 0 fully saturated rings. The fourth-order valence-corrected chi connectivity index (χ4v) is 3.21. The zero-order valence-electron chi connectivity index (χ0n) is 14.2. The Balaban J connectivity index is 2.15. The summed E-state index contributed by atoms with van der Waals surface area (Å²) in [6.07, 6.45) is 2.17. The molecule has 0 bridgehead atoms. The van der Waals surface area contributed by atoms with Gasteiger partial charge in [0.2, 0.25) is 5.91 Å². The van der Waals surface area contributed by atoms with Gasteiger partial charge in [-0.05, 0) is 25.0 Å². The molecular weight excluding hydrogens is 336 g/mol. The van der Waals surface area contributed by atoms with Crippen LogP contribution in [0.3, 0.4) is 0 Å². The molecule has 0 spiro atoms. The molecule has 0 unspecified atom stereocenters. The zero-order chi connectivity index (χ0) is 18.2. The van der Waals surface area contributed by atoms with Gasteiger partial charge in [-0.1, -0.05) is 44.2 Å². The van der Waals surface area contributed by atoms with Crippen LogP contribution in [0.5, 0.6) is 0 Å². The number of aryl methyl sites for hydroxylation is 1.